The molecule has 0 heterocycles. The molecule has 0 spiro atoms. The highest BCUT2D eigenvalue weighted by molar-refractivity contribution is 7.85. The lowest BCUT2D eigenvalue weighted by Crippen LogP contribution is -1.98. The Morgan fingerprint density at radius 3 is 2.21 bits per heavy atom. The fourth-order valence-electron chi connectivity index (χ4n) is 0.957. The minimum atomic E-state index is -4.10. The van der Waals surface area contributed by atoms with Gasteiger partial charge in [0.2, 0.25) is 0 Å². The minimum absolute atomic E-state index is 0.121. The second-order valence-corrected chi connectivity index (χ2v) is 4.33. The van der Waals surface area contributed by atoms with Gasteiger partial charge in [-0.3, -0.25) is 4.55 Å². The lowest BCUT2D eigenvalue weighted by Gasteiger charge is -2.04. The second-order valence-electron chi connectivity index (χ2n) is 2.90. The van der Waals surface area contributed by atoms with Crippen molar-refractivity contribution in [2.24, 2.45) is 0 Å². The van der Waals surface area contributed by atoms with E-state index >= 15 is 0 Å². The molecule has 0 unspecified atom stereocenters. The van der Waals surface area contributed by atoms with E-state index in [4.69, 9.17) is 4.55 Å². The third-order valence-corrected chi connectivity index (χ3v) is 2.38. The maximum absolute atomic E-state index is 10.7. The van der Waals surface area contributed by atoms with E-state index in [-0.39, 0.29) is 4.90 Å². The van der Waals surface area contributed by atoms with E-state index in [2.05, 4.69) is 11.9 Å². The van der Waals surface area contributed by atoms with Gasteiger partial charge in [-0.2, -0.15) is 8.42 Å². The average molecular weight is 213 g/mol. The first-order valence-corrected chi connectivity index (χ1v) is 5.34. The van der Waals surface area contributed by atoms with Crippen LogP contribution in [0.15, 0.2) is 41.4 Å². The number of rotatable bonds is 3. The third-order valence-electron chi connectivity index (χ3n) is 1.51. The Morgan fingerprint density at radius 2 is 1.86 bits per heavy atom. The Balaban J connectivity index is 2.95. The van der Waals surface area contributed by atoms with Gasteiger partial charge in [-0.05, 0) is 31.2 Å². The molecular weight excluding hydrogens is 202 g/mol. The molecule has 0 saturated carbocycles. The molecule has 14 heavy (non-hydrogen) atoms. The van der Waals surface area contributed by atoms with E-state index in [1.54, 1.807) is 19.1 Å². The number of nitrogens with one attached hydrogen (secondary N) is 1. The Bertz CT molecular complexity index is 434. The van der Waals surface area contributed by atoms with Crippen molar-refractivity contribution >= 4 is 15.8 Å². The molecule has 0 fully saturated rings. The van der Waals surface area contributed by atoms with Crippen LogP contribution in [0.1, 0.15) is 6.92 Å². The van der Waals surface area contributed by atoms with Crippen LogP contribution < -0.4 is 5.32 Å². The van der Waals surface area contributed by atoms with Crippen molar-refractivity contribution in [2.75, 3.05) is 5.32 Å². The van der Waals surface area contributed by atoms with Crippen LogP contribution in [-0.2, 0) is 10.1 Å². The van der Waals surface area contributed by atoms with Gasteiger partial charge >= 0.3 is 0 Å². The van der Waals surface area contributed by atoms with E-state index in [9.17, 15) is 8.42 Å². The summed E-state index contributed by atoms with van der Waals surface area (Å²) in [5.41, 5.74) is 1.48. The Hall–Kier alpha value is -1.33. The summed E-state index contributed by atoms with van der Waals surface area (Å²) in [6.07, 6.45) is 0. The Kier molecular flexibility index (Phi) is 2.93. The van der Waals surface area contributed by atoms with E-state index in [0.29, 0.717) is 0 Å². The SMILES string of the molecule is C=C(C)Nc1ccc(S(=O)(=O)O)cc1. The van der Waals surface area contributed by atoms with Crippen LogP contribution in [0.5, 0.6) is 0 Å². The molecule has 0 atom stereocenters. The molecular formula is C9H11NO3S. The Morgan fingerprint density at radius 1 is 1.36 bits per heavy atom. The van der Waals surface area contributed by atoms with Gasteiger partial charge in [-0.25, -0.2) is 0 Å². The highest BCUT2D eigenvalue weighted by Gasteiger charge is 2.07. The summed E-state index contributed by atoms with van der Waals surface area (Å²) in [6.45, 7) is 5.43. The molecule has 76 valence electrons. The lowest BCUT2D eigenvalue weighted by molar-refractivity contribution is 0.483. The molecule has 5 heteroatoms. The van der Waals surface area contributed by atoms with Crippen LogP contribution in [0, 0.1) is 0 Å². The standard InChI is InChI=1S/C9H11NO3S/c1-7(2)10-8-3-5-9(6-4-8)14(11,12)13/h3-6,10H,1H2,2H3,(H,11,12,13). The van der Waals surface area contributed by atoms with Gasteiger partial charge in [0, 0.05) is 11.4 Å². The molecule has 1 aromatic carbocycles. The third kappa shape index (κ3) is 2.86. The quantitative estimate of drug-likeness (QED) is 0.752. The monoisotopic (exact) mass is 213 g/mol. The van der Waals surface area contributed by atoms with Gasteiger partial charge in [0.05, 0.1) is 4.90 Å². The highest BCUT2D eigenvalue weighted by Crippen LogP contribution is 2.14. The summed E-state index contributed by atoms with van der Waals surface area (Å²) in [5.74, 6) is 0. The molecule has 0 aliphatic carbocycles. The Labute approximate surface area is 83.0 Å². The average Bonchev–Trinajstić information content (AvgIpc) is 2.02. The van der Waals surface area contributed by atoms with E-state index in [0.717, 1.165) is 11.4 Å². The van der Waals surface area contributed by atoms with E-state index in [1.807, 2.05) is 0 Å². The van der Waals surface area contributed by atoms with Crippen molar-refractivity contribution in [3.05, 3.63) is 36.5 Å². The maximum atomic E-state index is 10.7. The molecule has 1 aromatic rings. The zero-order valence-electron chi connectivity index (χ0n) is 7.69. The molecule has 0 amide bonds. The molecule has 4 nitrogen and oxygen atoms in total. The number of anilines is 1. The first-order valence-electron chi connectivity index (χ1n) is 3.89. The summed E-state index contributed by atoms with van der Waals surface area (Å²) < 4.78 is 30.1. The van der Waals surface area contributed by atoms with Crippen LogP contribution >= 0.6 is 0 Å². The number of hydrogen-bond acceptors (Lipinski definition) is 3. The topological polar surface area (TPSA) is 66.4 Å². The van der Waals surface area contributed by atoms with Crippen molar-refractivity contribution in [1.29, 1.82) is 0 Å². The predicted molar refractivity (Wildman–Crippen MR) is 54.7 cm³/mol. The summed E-state index contributed by atoms with van der Waals surface area (Å²) in [4.78, 5) is -0.121. The van der Waals surface area contributed by atoms with Gasteiger partial charge in [-0.1, -0.05) is 6.58 Å². The van der Waals surface area contributed by atoms with Crippen LogP contribution in [0.25, 0.3) is 0 Å². The maximum Gasteiger partial charge on any atom is 0.294 e. The van der Waals surface area contributed by atoms with Gasteiger partial charge in [0.25, 0.3) is 10.1 Å². The summed E-state index contributed by atoms with van der Waals surface area (Å²) in [5, 5.41) is 2.91. The lowest BCUT2D eigenvalue weighted by atomic mass is 10.3. The molecule has 0 radical (unpaired) electrons. The van der Waals surface area contributed by atoms with Gasteiger partial charge in [0.15, 0.2) is 0 Å². The fraction of sp³-hybridized carbons (Fsp3) is 0.111. The zero-order chi connectivity index (χ0) is 10.8. The van der Waals surface area contributed by atoms with Crippen LogP contribution in [0.2, 0.25) is 0 Å². The number of benzene rings is 1. The molecule has 2 N–H and O–H groups in total. The summed E-state index contributed by atoms with van der Waals surface area (Å²) in [7, 11) is -4.10. The summed E-state index contributed by atoms with van der Waals surface area (Å²) in [6, 6.07) is 5.75. The smallest absolute Gasteiger partial charge is 0.294 e. The molecule has 0 aliphatic heterocycles. The van der Waals surface area contributed by atoms with Crippen molar-refractivity contribution in [1.82, 2.24) is 0 Å². The van der Waals surface area contributed by atoms with Crippen molar-refractivity contribution < 1.29 is 13.0 Å². The first-order chi connectivity index (χ1) is 6.39. The van der Waals surface area contributed by atoms with Crippen LogP contribution in [0.4, 0.5) is 5.69 Å². The molecule has 0 bridgehead atoms. The van der Waals surface area contributed by atoms with Gasteiger partial charge in [0.1, 0.15) is 0 Å². The van der Waals surface area contributed by atoms with Gasteiger partial charge in [-0.15, -0.1) is 0 Å². The van der Waals surface area contributed by atoms with Crippen LogP contribution in [-0.4, -0.2) is 13.0 Å². The van der Waals surface area contributed by atoms with Gasteiger partial charge < -0.3 is 5.32 Å². The van der Waals surface area contributed by atoms with Crippen molar-refractivity contribution in [2.45, 2.75) is 11.8 Å². The van der Waals surface area contributed by atoms with Crippen molar-refractivity contribution in [3.8, 4) is 0 Å². The second kappa shape index (κ2) is 3.81. The van der Waals surface area contributed by atoms with E-state index < -0.39 is 10.1 Å². The van der Waals surface area contributed by atoms with Crippen LogP contribution in [0.3, 0.4) is 0 Å². The first kappa shape index (κ1) is 10.7. The van der Waals surface area contributed by atoms with E-state index in [1.165, 1.54) is 12.1 Å². The minimum Gasteiger partial charge on any atom is -0.360 e. The highest BCUT2D eigenvalue weighted by atomic mass is 32.2. The molecule has 1 rings (SSSR count). The normalized spacial score (nSPS) is 11.0. The number of allylic oxidation sites excluding steroid dienone is 1. The van der Waals surface area contributed by atoms with Crippen molar-refractivity contribution in [3.63, 3.8) is 0 Å². The fourth-order valence-corrected chi connectivity index (χ4v) is 1.44. The zero-order valence-corrected chi connectivity index (χ0v) is 8.50. The predicted octanol–water partition coefficient (Wildman–Crippen LogP) is 1.88. The molecule has 0 aromatic heterocycles. The largest absolute Gasteiger partial charge is 0.360 e. The molecule has 0 aliphatic rings. The number of hydrogen-bond donors (Lipinski definition) is 2. The molecule has 0 saturated heterocycles. The summed E-state index contributed by atoms with van der Waals surface area (Å²) >= 11 is 0.